The molecule has 0 aliphatic carbocycles. The van der Waals surface area contributed by atoms with Gasteiger partial charge in [0, 0.05) is 28.7 Å². The highest BCUT2D eigenvalue weighted by atomic mass is 79.9. The minimum atomic E-state index is -1.34. The zero-order chi connectivity index (χ0) is 23.0. The van der Waals surface area contributed by atoms with E-state index >= 15 is 0 Å². The Morgan fingerprint density at radius 1 is 1.19 bits per heavy atom. The summed E-state index contributed by atoms with van der Waals surface area (Å²) in [4.78, 5) is 42.8. The number of rotatable bonds is 3. The number of carbonyl (C=O) groups excluding carboxylic acids is 3. The van der Waals surface area contributed by atoms with Gasteiger partial charge in [0.1, 0.15) is 12.2 Å². The number of nitrogens with two attached hydrogens (primary N) is 1. The molecule has 32 heavy (non-hydrogen) atoms. The minimum absolute atomic E-state index is 0.122. The average Bonchev–Trinajstić information content (AvgIpc) is 3.33. The Bertz CT molecular complexity index is 1230. The number of pyridine rings is 1. The van der Waals surface area contributed by atoms with Gasteiger partial charge in [0.05, 0.1) is 29.6 Å². The van der Waals surface area contributed by atoms with Crippen LogP contribution in [0, 0.1) is 6.92 Å². The molecule has 3 heterocycles. The number of halogens is 2. The van der Waals surface area contributed by atoms with E-state index in [-0.39, 0.29) is 13.0 Å². The third-order valence-electron chi connectivity index (χ3n) is 5.42. The molecular formula is C21H20BrFN6O3. The second-order valence-electron chi connectivity index (χ2n) is 7.48. The van der Waals surface area contributed by atoms with Crippen LogP contribution in [0.25, 0.3) is 10.9 Å². The highest BCUT2D eigenvalue weighted by Gasteiger charge is 2.40. The van der Waals surface area contributed by atoms with Gasteiger partial charge in [-0.1, -0.05) is 18.2 Å². The smallest absolute Gasteiger partial charge is 0.323 e. The highest BCUT2D eigenvalue weighted by molar-refractivity contribution is 9.10. The number of urea groups is 1. The first-order valence-corrected chi connectivity index (χ1v) is 10.6. The zero-order valence-electron chi connectivity index (χ0n) is 17.0. The number of nitrogens with zero attached hydrogens (tertiary/aromatic N) is 3. The number of hydrogen-bond donors (Lipinski definition) is 3. The molecule has 4 amide bonds. The molecule has 1 aliphatic heterocycles. The molecule has 0 saturated carbocycles. The first kappa shape index (κ1) is 21.8. The van der Waals surface area contributed by atoms with Gasteiger partial charge < -0.3 is 21.3 Å². The van der Waals surface area contributed by atoms with Gasteiger partial charge in [0.25, 0.3) is 0 Å². The summed E-state index contributed by atoms with van der Waals surface area (Å²) in [5, 5.41) is 6.00. The first-order chi connectivity index (χ1) is 15.3. The first-order valence-electron chi connectivity index (χ1n) is 9.78. The van der Waals surface area contributed by atoms with Gasteiger partial charge in [0.2, 0.25) is 5.91 Å². The summed E-state index contributed by atoms with van der Waals surface area (Å²) in [5.41, 5.74) is 7.50. The summed E-state index contributed by atoms with van der Waals surface area (Å²) in [6.45, 7) is 1.57. The Labute approximate surface area is 190 Å². The van der Waals surface area contributed by atoms with Gasteiger partial charge in [-0.15, -0.1) is 0 Å². The Balaban J connectivity index is 1.56. The van der Waals surface area contributed by atoms with Crippen molar-refractivity contribution in [2.45, 2.75) is 25.6 Å². The van der Waals surface area contributed by atoms with Crippen LogP contribution in [-0.4, -0.2) is 51.2 Å². The van der Waals surface area contributed by atoms with Gasteiger partial charge >= 0.3 is 12.1 Å². The van der Waals surface area contributed by atoms with Crippen LogP contribution < -0.4 is 16.4 Å². The van der Waals surface area contributed by atoms with Crippen LogP contribution in [0.15, 0.2) is 47.3 Å². The predicted molar refractivity (Wildman–Crippen MR) is 121 cm³/mol. The lowest BCUT2D eigenvalue weighted by Crippen LogP contribution is -2.45. The summed E-state index contributed by atoms with van der Waals surface area (Å²) in [6.07, 6.45) is 3.02. The number of alkyl halides is 1. The number of fused-ring (bicyclic) bond motifs is 1. The van der Waals surface area contributed by atoms with Crippen LogP contribution in [-0.2, 0) is 4.79 Å². The fourth-order valence-electron chi connectivity index (χ4n) is 3.75. The maximum Gasteiger partial charge on any atom is 0.323 e. The highest BCUT2D eigenvalue weighted by Crippen LogP contribution is 2.29. The number of anilines is 2. The monoisotopic (exact) mass is 502 g/mol. The third-order valence-corrected chi connectivity index (χ3v) is 6.22. The van der Waals surface area contributed by atoms with E-state index in [9.17, 15) is 18.8 Å². The van der Waals surface area contributed by atoms with Gasteiger partial charge in [0.15, 0.2) is 0 Å². The van der Waals surface area contributed by atoms with E-state index < -0.39 is 30.2 Å². The van der Waals surface area contributed by atoms with Gasteiger partial charge in [-0.05, 0) is 34.5 Å². The predicted octanol–water partition coefficient (Wildman–Crippen LogP) is 3.62. The molecule has 3 aromatic rings. The average molecular weight is 503 g/mol. The molecule has 4 rings (SSSR count). The number of nitrogens with one attached hydrogen (secondary N) is 2. The van der Waals surface area contributed by atoms with Crippen LogP contribution in [0.5, 0.6) is 0 Å². The number of likely N-dealkylation sites (tertiary alicyclic amines) is 1. The standard InChI is InChI=1S/C21H20BrFN6O3/c1-11-14(22)7-25-8-15(11)26-19(30)18-6-12(23)9-29(18)21(32)27-16-10-28(20(24)31)17-5-3-2-4-13(16)17/h2-5,7-8,10,12,18H,6,9H2,1H3,(H2,24,31)(H,26,30)(H,27,32)/t12-,18+/m1/s1. The van der Waals surface area contributed by atoms with Crippen LogP contribution in [0.4, 0.5) is 25.4 Å². The number of benzene rings is 1. The summed E-state index contributed by atoms with van der Waals surface area (Å²) in [7, 11) is 0. The van der Waals surface area contributed by atoms with Crippen LogP contribution in [0.2, 0.25) is 0 Å². The molecule has 0 radical (unpaired) electrons. The van der Waals surface area contributed by atoms with Crippen molar-refractivity contribution in [2.75, 3.05) is 17.2 Å². The van der Waals surface area contributed by atoms with Gasteiger partial charge in [-0.3, -0.25) is 14.3 Å². The molecule has 1 aliphatic rings. The Kier molecular flexibility index (Phi) is 5.83. The van der Waals surface area contributed by atoms with Crippen molar-refractivity contribution in [3.05, 3.63) is 52.9 Å². The fraction of sp³-hybridized carbons (Fsp3) is 0.238. The third kappa shape index (κ3) is 4.03. The van der Waals surface area contributed by atoms with E-state index in [0.29, 0.717) is 26.8 Å². The topological polar surface area (TPSA) is 122 Å². The summed E-state index contributed by atoms with van der Waals surface area (Å²) < 4.78 is 16.2. The van der Waals surface area contributed by atoms with Gasteiger partial charge in [-0.25, -0.2) is 14.0 Å². The normalized spacial score (nSPS) is 18.0. The molecule has 166 valence electrons. The molecule has 0 bridgehead atoms. The molecule has 2 atom stereocenters. The summed E-state index contributed by atoms with van der Waals surface area (Å²) >= 11 is 3.35. The number of aromatic nitrogens is 2. The van der Waals surface area contributed by atoms with Crippen molar-refractivity contribution in [2.24, 2.45) is 5.73 Å². The molecular weight excluding hydrogens is 483 g/mol. The number of carbonyl (C=O) groups is 3. The fourth-order valence-corrected chi connectivity index (χ4v) is 4.08. The molecule has 0 spiro atoms. The van der Waals surface area contributed by atoms with E-state index in [1.165, 1.54) is 17.0 Å². The van der Waals surface area contributed by atoms with Crippen molar-refractivity contribution >= 4 is 56.2 Å². The van der Waals surface area contributed by atoms with E-state index in [1.807, 2.05) is 0 Å². The lowest BCUT2D eigenvalue weighted by molar-refractivity contribution is -0.119. The second kappa shape index (κ2) is 8.58. The molecule has 1 fully saturated rings. The van der Waals surface area contributed by atoms with Crippen LogP contribution in [0.3, 0.4) is 0 Å². The second-order valence-corrected chi connectivity index (χ2v) is 8.34. The summed E-state index contributed by atoms with van der Waals surface area (Å²) in [6, 6.07) is 4.53. The molecule has 11 heteroatoms. The Morgan fingerprint density at radius 2 is 1.94 bits per heavy atom. The Hall–Kier alpha value is -3.47. The Morgan fingerprint density at radius 3 is 2.69 bits per heavy atom. The van der Waals surface area contributed by atoms with E-state index in [0.717, 1.165) is 10.5 Å². The summed E-state index contributed by atoms with van der Waals surface area (Å²) in [5.74, 6) is -0.511. The maximum absolute atomic E-state index is 14.2. The van der Waals surface area contributed by atoms with Crippen molar-refractivity contribution in [3.8, 4) is 0 Å². The van der Waals surface area contributed by atoms with Gasteiger partial charge in [-0.2, -0.15) is 0 Å². The minimum Gasteiger partial charge on any atom is -0.351 e. The molecule has 9 nitrogen and oxygen atoms in total. The lowest BCUT2D eigenvalue weighted by atomic mass is 10.2. The number of amides is 4. The number of primary amides is 1. The van der Waals surface area contributed by atoms with Crippen molar-refractivity contribution in [1.82, 2.24) is 14.5 Å². The quantitative estimate of drug-likeness (QED) is 0.506. The maximum atomic E-state index is 14.2. The lowest BCUT2D eigenvalue weighted by Gasteiger charge is -2.24. The van der Waals surface area contributed by atoms with E-state index in [1.54, 1.807) is 37.4 Å². The molecule has 0 unspecified atom stereocenters. The zero-order valence-corrected chi connectivity index (χ0v) is 18.6. The molecule has 1 saturated heterocycles. The van der Waals surface area contributed by atoms with Crippen LogP contribution in [0.1, 0.15) is 12.0 Å². The number of hydrogen-bond acceptors (Lipinski definition) is 4. The van der Waals surface area contributed by atoms with Crippen molar-refractivity contribution in [1.29, 1.82) is 0 Å². The number of para-hydroxylation sites is 1. The molecule has 1 aromatic carbocycles. The van der Waals surface area contributed by atoms with Crippen LogP contribution >= 0.6 is 15.9 Å². The van der Waals surface area contributed by atoms with Crippen molar-refractivity contribution < 1.29 is 18.8 Å². The molecule has 4 N–H and O–H groups in total. The van der Waals surface area contributed by atoms with E-state index in [2.05, 4.69) is 31.5 Å². The molecule has 2 aromatic heterocycles. The largest absolute Gasteiger partial charge is 0.351 e. The van der Waals surface area contributed by atoms with Crippen molar-refractivity contribution in [3.63, 3.8) is 0 Å². The SMILES string of the molecule is Cc1c(Br)cncc1NC(=O)[C@@H]1C[C@@H](F)CN1C(=O)Nc1cn(C(N)=O)c2ccccc12. The van der Waals surface area contributed by atoms with E-state index in [4.69, 9.17) is 5.73 Å².